The SMILES string of the molecule is Cc1noc(C)c1S(=O)(=O)N1CCN(C(=O)CN2CCc3cc(S(N)(=O)=O)ccc32)CC1. The molecule has 1 fully saturated rings. The summed E-state index contributed by atoms with van der Waals surface area (Å²) in [5, 5.41) is 8.92. The Kier molecular flexibility index (Phi) is 5.77. The highest BCUT2D eigenvalue weighted by atomic mass is 32.2. The minimum atomic E-state index is -3.78. The van der Waals surface area contributed by atoms with Crippen LogP contribution in [0.3, 0.4) is 0 Å². The molecule has 1 saturated heterocycles. The predicted octanol–water partition coefficient (Wildman–Crippen LogP) is -0.166. The van der Waals surface area contributed by atoms with Crippen LogP contribution in [0.4, 0.5) is 5.69 Å². The standard InChI is InChI=1S/C19H25N5O6S2/c1-13-19(14(2)30-21-13)32(28,29)24-9-7-22(8-10-24)18(25)12-23-6-5-15-11-16(31(20,26)27)3-4-17(15)23/h3-4,11H,5-10,12H2,1-2H3,(H2,20,26,27). The van der Waals surface area contributed by atoms with Crippen molar-refractivity contribution in [3.63, 3.8) is 0 Å². The number of hydrogen-bond acceptors (Lipinski definition) is 8. The second kappa shape index (κ2) is 8.14. The number of sulfonamides is 2. The van der Waals surface area contributed by atoms with Gasteiger partial charge < -0.3 is 14.3 Å². The third-order valence-electron chi connectivity index (χ3n) is 5.85. The summed E-state index contributed by atoms with van der Waals surface area (Å²) < 4.78 is 55.3. The van der Waals surface area contributed by atoms with Crippen molar-refractivity contribution in [3.8, 4) is 0 Å². The van der Waals surface area contributed by atoms with Gasteiger partial charge >= 0.3 is 0 Å². The number of carbonyl (C=O) groups excluding carboxylic acids is 1. The first-order valence-electron chi connectivity index (χ1n) is 10.1. The van der Waals surface area contributed by atoms with Gasteiger partial charge in [-0.05, 0) is 44.0 Å². The maximum atomic E-state index is 12.9. The number of aromatic nitrogens is 1. The second-order valence-corrected chi connectivity index (χ2v) is 11.4. The van der Waals surface area contributed by atoms with Crippen molar-refractivity contribution in [1.82, 2.24) is 14.4 Å². The van der Waals surface area contributed by atoms with E-state index in [2.05, 4.69) is 5.16 Å². The molecule has 1 amide bonds. The van der Waals surface area contributed by atoms with Crippen LogP contribution in [0.5, 0.6) is 0 Å². The van der Waals surface area contributed by atoms with E-state index in [4.69, 9.17) is 9.66 Å². The van der Waals surface area contributed by atoms with Gasteiger partial charge in [0.15, 0.2) is 5.76 Å². The van der Waals surface area contributed by atoms with Gasteiger partial charge in [-0.1, -0.05) is 5.16 Å². The van der Waals surface area contributed by atoms with Crippen LogP contribution in [0.25, 0.3) is 0 Å². The first-order chi connectivity index (χ1) is 15.0. The van der Waals surface area contributed by atoms with Crippen LogP contribution in [0, 0.1) is 13.8 Å². The molecule has 0 radical (unpaired) electrons. The molecule has 11 nitrogen and oxygen atoms in total. The molecule has 0 saturated carbocycles. The lowest BCUT2D eigenvalue weighted by atomic mass is 10.2. The Bertz CT molecular complexity index is 1240. The molecule has 1 aromatic carbocycles. The monoisotopic (exact) mass is 483 g/mol. The Balaban J connectivity index is 1.39. The summed E-state index contributed by atoms with van der Waals surface area (Å²) in [4.78, 5) is 16.6. The zero-order valence-electron chi connectivity index (χ0n) is 17.8. The fourth-order valence-electron chi connectivity index (χ4n) is 4.20. The molecule has 2 aromatic rings. The Morgan fingerprint density at radius 3 is 2.38 bits per heavy atom. The molecule has 2 aliphatic rings. The van der Waals surface area contributed by atoms with Gasteiger partial charge in [0.25, 0.3) is 0 Å². The molecule has 1 aromatic heterocycles. The first kappa shape index (κ1) is 22.7. The van der Waals surface area contributed by atoms with Crippen LogP contribution in [0.2, 0.25) is 0 Å². The summed E-state index contributed by atoms with van der Waals surface area (Å²) in [6.07, 6.45) is 0.620. The van der Waals surface area contributed by atoms with Crippen molar-refractivity contribution in [2.45, 2.75) is 30.1 Å². The van der Waals surface area contributed by atoms with Gasteiger partial charge in [0.05, 0.1) is 11.4 Å². The summed E-state index contributed by atoms with van der Waals surface area (Å²) in [5.41, 5.74) is 1.96. The van der Waals surface area contributed by atoms with Crippen LogP contribution in [0.1, 0.15) is 17.0 Å². The molecule has 174 valence electrons. The number of fused-ring (bicyclic) bond motifs is 1. The molecule has 2 aliphatic heterocycles. The number of piperazine rings is 1. The molecule has 32 heavy (non-hydrogen) atoms. The zero-order valence-corrected chi connectivity index (χ0v) is 19.4. The number of anilines is 1. The van der Waals surface area contributed by atoms with Crippen molar-refractivity contribution in [3.05, 3.63) is 35.2 Å². The number of carbonyl (C=O) groups is 1. The Morgan fingerprint density at radius 2 is 1.78 bits per heavy atom. The number of benzene rings is 1. The molecule has 0 bridgehead atoms. The van der Waals surface area contributed by atoms with Gasteiger partial charge in [-0.2, -0.15) is 4.31 Å². The summed E-state index contributed by atoms with van der Waals surface area (Å²) >= 11 is 0. The van der Waals surface area contributed by atoms with Gasteiger partial charge in [0.1, 0.15) is 10.6 Å². The summed E-state index contributed by atoms with van der Waals surface area (Å²) in [6.45, 7) is 4.82. The van der Waals surface area contributed by atoms with E-state index in [0.717, 1.165) is 11.3 Å². The molecule has 3 heterocycles. The van der Waals surface area contributed by atoms with E-state index < -0.39 is 20.0 Å². The lowest BCUT2D eigenvalue weighted by Gasteiger charge is -2.35. The van der Waals surface area contributed by atoms with E-state index in [9.17, 15) is 21.6 Å². The molecule has 13 heteroatoms. The number of nitrogens with zero attached hydrogens (tertiary/aromatic N) is 4. The molecule has 0 aliphatic carbocycles. The molecule has 2 N–H and O–H groups in total. The average Bonchev–Trinajstić information content (AvgIpc) is 3.29. The zero-order chi connectivity index (χ0) is 23.3. The highest BCUT2D eigenvalue weighted by Crippen LogP contribution is 2.30. The van der Waals surface area contributed by atoms with Crippen LogP contribution >= 0.6 is 0 Å². The lowest BCUT2D eigenvalue weighted by molar-refractivity contribution is -0.130. The maximum Gasteiger partial charge on any atom is 0.248 e. The van der Waals surface area contributed by atoms with Crippen molar-refractivity contribution >= 4 is 31.6 Å². The molecular weight excluding hydrogens is 458 g/mol. The van der Waals surface area contributed by atoms with Crippen LogP contribution < -0.4 is 10.0 Å². The fraction of sp³-hybridized carbons (Fsp3) is 0.474. The number of aryl methyl sites for hydroxylation is 2. The van der Waals surface area contributed by atoms with E-state index in [1.54, 1.807) is 30.9 Å². The van der Waals surface area contributed by atoms with E-state index in [1.807, 2.05) is 4.90 Å². The van der Waals surface area contributed by atoms with Crippen LogP contribution in [0.15, 0.2) is 32.5 Å². The molecular formula is C19H25N5O6S2. The number of amides is 1. The normalized spacial score (nSPS) is 17.6. The Labute approximate surface area is 186 Å². The molecule has 0 unspecified atom stereocenters. The summed E-state index contributed by atoms with van der Waals surface area (Å²) in [5.74, 6) is 0.141. The van der Waals surface area contributed by atoms with Crippen molar-refractivity contribution < 1.29 is 26.2 Å². The Morgan fingerprint density at radius 1 is 1.09 bits per heavy atom. The smallest absolute Gasteiger partial charge is 0.248 e. The van der Waals surface area contributed by atoms with Crippen LogP contribution in [-0.4, -0.2) is 76.4 Å². The van der Waals surface area contributed by atoms with Crippen molar-refractivity contribution in [2.75, 3.05) is 44.2 Å². The predicted molar refractivity (Wildman–Crippen MR) is 115 cm³/mol. The van der Waals surface area contributed by atoms with Crippen molar-refractivity contribution in [2.24, 2.45) is 5.14 Å². The van der Waals surface area contributed by atoms with Gasteiger partial charge in [-0.15, -0.1) is 0 Å². The van der Waals surface area contributed by atoms with Crippen molar-refractivity contribution in [1.29, 1.82) is 0 Å². The summed E-state index contributed by atoms with van der Waals surface area (Å²) in [7, 11) is -7.52. The number of rotatable bonds is 5. The summed E-state index contributed by atoms with van der Waals surface area (Å²) in [6, 6.07) is 4.66. The molecule has 0 spiro atoms. The lowest BCUT2D eigenvalue weighted by Crippen LogP contribution is -2.52. The van der Waals surface area contributed by atoms with Gasteiger partial charge in [-0.25, -0.2) is 22.0 Å². The second-order valence-electron chi connectivity index (χ2n) is 7.95. The first-order valence-corrected chi connectivity index (χ1v) is 13.1. The highest BCUT2D eigenvalue weighted by molar-refractivity contribution is 7.89. The largest absolute Gasteiger partial charge is 0.362 e. The maximum absolute atomic E-state index is 12.9. The Hall–Kier alpha value is -2.48. The molecule has 0 atom stereocenters. The van der Waals surface area contributed by atoms with Crippen LogP contribution in [-0.2, 0) is 31.3 Å². The number of hydrogen-bond donors (Lipinski definition) is 1. The van der Waals surface area contributed by atoms with E-state index >= 15 is 0 Å². The van der Waals surface area contributed by atoms with E-state index in [0.29, 0.717) is 18.7 Å². The number of primary sulfonamides is 1. The minimum Gasteiger partial charge on any atom is -0.362 e. The topological polar surface area (TPSA) is 147 Å². The molecule has 4 rings (SSSR count). The van der Waals surface area contributed by atoms with E-state index in [-0.39, 0.29) is 54.2 Å². The quantitative estimate of drug-likeness (QED) is 0.617. The van der Waals surface area contributed by atoms with E-state index in [1.165, 1.54) is 10.4 Å². The van der Waals surface area contributed by atoms with Gasteiger partial charge in [0, 0.05) is 38.4 Å². The third kappa shape index (κ3) is 4.12. The average molecular weight is 484 g/mol. The highest BCUT2D eigenvalue weighted by Gasteiger charge is 2.34. The minimum absolute atomic E-state index is 0.0556. The third-order valence-corrected chi connectivity index (χ3v) is 8.91. The number of nitrogens with two attached hydrogens (primary N) is 1. The van der Waals surface area contributed by atoms with Gasteiger partial charge in [0.2, 0.25) is 26.0 Å². The van der Waals surface area contributed by atoms with Gasteiger partial charge in [-0.3, -0.25) is 4.79 Å². The fourth-order valence-corrected chi connectivity index (χ4v) is 6.48.